The SMILES string of the molecule is O=C(Cc1cc(Br)ccc1F)C1CCC(C(F)(F)F)CC1. The third kappa shape index (κ3) is 4.28. The molecule has 1 aliphatic rings. The molecule has 0 aliphatic heterocycles. The van der Waals surface area contributed by atoms with E-state index in [9.17, 15) is 22.4 Å². The van der Waals surface area contributed by atoms with Crippen molar-refractivity contribution in [1.29, 1.82) is 0 Å². The number of halogens is 5. The van der Waals surface area contributed by atoms with Gasteiger partial charge in [0, 0.05) is 16.8 Å². The van der Waals surface area contributed by atoms with Gasteiger partial charge in [0.1, 0.15) is 11.6 Å². The molecule has 1 saturated carbocycles. The molecule has 1 aliphatic carbocycles. The van der Waals surface area contributed by atoms with Crippen LogP contribution in [0, 0.1) is 17.7 Å². The minimum absolute atomic E-state index is 0.0130. The fourth-order valence-electron chi connectivity index (χ4n) is 2.75. The van der Waals surface area contributed by atoms with Crippen LogP contribution in [0.5, 0.6) is 0 Å². The number of rotatable bonds is 3. The van der Waals surface area contributed by atoms with Gasteiger partial charge in [0.25, 0.3) is 0 Å². The van der Waals surface area contributed by atoms with Crippen LogP contribution in [-0.4, -0.2) is 12.0 Å². The second-order valence-electron chi connectivity index (χ2n) is 5.47. The van der Waals surface area contributed by atoms with Gasteiger partial charge in [-0.15, -0.1) is 0 Å². The minimum atomic E-state index is -4.18. The van der Waals surface area contributed by atoms with E-state index in [2.05, 4.69) is 15.9 Å². The Labute approximate surface area is 128 Å². The molecule has 2 rings (SSSR count). The Hall–Kier alpha value is -0.910. The standard InChI is InChI=1S/C15H15BrF4O/c16-12-5-6-13(17)10(7-12)8-14(21)9-1-3-11(4-2-9)15(18,19)20/h5-7,9,11H,1-4,8H2. The molecule has 0 spiro atoms. The third-order valence-corrected chi connectivity index (χ3v) is 4.51. The molecule has 0 radical (unpaired) electrons. The molecule has 0 bridgehead atoms. The predicted molar refractivity (Wildman–Crippen MR) is 74.3 cm³/mol. The van der Waals surface area contributed by atoms with Gasteiger partial charge in [-0.1, -0.05) is 15.9 Å². The van der Waals surface area contributed by atoms with E-state index in [1.165, 1.54) is 18.2 Å². The first-order valence-corrected chi connectivity index (χ1v) is 7.60. The first-order chi connectivity index (χ1) is 9.77. The van der Waals surface area contributed by atoms with Crippen molar-refractivity contribution in [3.8, 4) is 0 Å². The highest BCUT2D eigenvalue weighted by atomic mass is 79.9. The zero-order valence-corrected chi connectivity index (χ0v) is 12.8. The topological polar surface area (TPSA) is 17.1 Å². The van der Waals surface area contributed by atoms with Crippen LogP contribution in [0.15, 0.2) is 22.7 Å². The maximum absolute atomic E-state index is 13.6. The molecule has 0 N–H and O–H groups in total. The first-order valence-electron chi connectivity index (χ1n) is 6.80. The molecule has 21 heavy (non-hydrogen) atoms. The number of carbonyl (C=O) groups is 1. The van der Waals surface area contributed by atoms with Gasteiger partial charge in [0.2, 0.25) is 0 Å². The highest BCUT2D eigenvalue weighted by Gasteiger charge is 2.42. The van der Waals surface area contributed by atoms with Crippen molar-refractivity contribution in [1.82, 2.24) is 0 Å². The van der Waals surface area contributed by atoms with Crippen molar-refractivity contribution in [3.05, 3.63) is 34.1 Å². The number of Topliss-reactive ketones (excluding diaryl/α,β-unsaturated/α-hetero) is 1. The average molecular weight is 367 g/mol. The van der Waals surface area contributed by atoms with Gasteiger partial charge in [-0.2, -0.15) is 13.2 Å². The molecule has 1 aromatic carbocycles. The van der Waals surface area contributed by atoms with Crippen molar-refractivity contribution >= 4 is 21.7 Å². The zero-order valence-electron chi connectivity index (χ0n) is 11.2. The van der Waals surface area contributed by atoms with Crippen molar-refractivity contribution in [2.75, 3.05) is 0 Å². The van der Waals surface area contributed by atoms with E-state index in [4.69, 9.17) is 0 Å². The smallest absolute Gasteiger partial charge is 0.299 e. The van der Waals surface area contributed by atoms with Crippen LogP contribution in [0.3, 0.4) is 0 Å². The van der Waals surface area contributed by atoms with Crippen LogP contribution < -0.4 is 0 Å². The lowest BCUT2D eigenvalue weighted by Crippen LogP contribution is -2.30. The molecule has 0 aromatic heterocycles. The summed E-state index contributed by atoms with van der Waals surface area (Å²) in [5.41, 5.74) is 0.285. The van der Waals surface area contributed by atoms with E-state index in [-0.39, 0.29) is 49.4 Å². The summed E-state index contributed by atoms with van der Waals surface area (Å²) in [6.07, 6.45) is -3.80. The fourth-order valence-corrected chi connectivity index (χ4v) is 3.16. The fraction of sp³-hybridized carbons (Fsp3) is 0.533. The number of benzene rings is 1. The molecule has 1 aromatic rings. The van der Waals surface area contributed by atoms with Gasteiger partial charge in [0.15, 0.2) is 0 Å². The Kier molecular flexibility index (Phi) is 5.07. The molecule has 6 heteroatoms. The molecular weight excluding hydrogens is 352 g/mol. The monoisotopic (exact) mass is 366 g/mol. The van der Waals surface area contributed by atoms with Gasteiger partial charge in [-0.05, 0) is 49.4 Å². The van der Waals surface area contributed by atoms with E-state index in [1.807, 2.05) is 0 Å². The molecule has 1 fully saturated rings. The van der Waals surface area contributed by atoms with Crippen LogP contribution >= 0.6 is 15.9 Å². The van der Waals surface area contributed by atoms with Crippen LogP contribution in [0.4, 0.5) is 17.6 Å². The summed E-state index contributed by atoms with van der Waals surface area (Å²) < 4.78 is 52.0. The molecule has 0 amide bonds. The summed E-state index contributed by atoms with van der Waals surface area (Å²) in [6.45, 7) is 0. The van der Waals surface area contributed by atoms with E-state index >= 15 is 0 Å². The Balaban J connectivity index is 1.95. The number of alkyl halides is 3. The van der Waals surface area contributed by atoms with Crippen LogP contribution in [0.2, 0.25) is 0 Å². The second kappa shape index (κ2) is 6.46. The second-order valence-corrected chi connectivity index (χ2v) is 6.38. The Morgan fingerprint density at radius 2 is 1.81 bits per heavy atom. The van der Waals surface area contributed by atoms with Crippen molar-refractivity contribution in [2.24, 2.45) is 11.8 Å². The van der Waals surface area contributed by atoms with Gasteiger partial charge in [-0.25, -0.2) is 4.39 Å². The lowest BCUT2D eigenvalue weighted by Gasteiger charge is -2.29. The average Bonchev–Trinajstić information content (AvgIpc) is 2.42. The Bertz CT molecular complexity index is 519. The number of ketones is 1. The summed E-state index contributed by atoms with van der Waals surface area (Å²) in [5.74, 6) is -2.32. The first kappa shape index (κ1) is 16.5. The summed E-state index contributed by atoms with van der Waals surface area (Å²) in [6, 6.07) is 4.35. The molecule has 1 nitrogen and oxygen atoms in total. The van der Waals surface area contributed by atoms with Gasteiger partial charge >= 0.3 is 6.18 Å². The van der Waals surface area contributed by atoms with E-state index in [0.717, 1.165) is 0 Å². The Morgan fingerprint density at radius 1 is 1.19 bits per heavy atom. The van der Waals surface area contributed by atoms with E-state index in [1.54, 1.807) is 0 Å². The lowest BCUT2D eigenvalue weighted by molar-refractivity contribution is -0.184. The summed E-state index contributed by atoms with van der Waals surface area (Å²) in [7, 11) is 0. The largest absolute Gasteiger partial charge is 0.391 e. The highest BCUT2D eigenvalue weighted by Crippen LogP contribution is 2.40. The summed E-state index contributed by atoms with van der Waals surface area (Å²) in [4.78, 5) is 12.1. The molecule has 0 atom stereocenters. The highest BCUT2D eigenvalue weighted by molar-refractivity contribution is 9.10. The summed E-state index contributed by atoms with van der Waals surface area (Å²) in [5, 5.41) is 0. The molecule has 0 unspecified atom stereocenters. The lowest BCUT2D eigenvalue weighted by atomic mass is 9.78. The van der Waals surface area contributed by atoms with E-state index < -0.39 is 17.9 Å². The number of carbonyl (C=O) groups excluding carboxylic acids is 1. The molecule has 116 valence electrons. The van der Waals surface area contributed by atoms with Crippen LogP contribution in [0.1, 0.15) is 31.2 Å². The van der Waals surface area contributed by atoms with Crippen LogP contribution in [-0.2, 0) is 11.2 Å². The number of hydrogen-bond acceptors (Lipinski definition) is 1. The van der Waals surface area contributed by atoms with Gasteiger partial charge < -0.3 is 0 Å². The zero-order chi connectivity index (χ0) is 15.6. The van der Waals surface area contributed by atoms with E-state index in [0.29, 0.717) is 4.47 Å². The van der Waals surface area contributed by atoms with Crippen molar-refractivity contribution in [2.45, 2.75) is 38.3 Å². The van der Waals surface area contributed by atoms with Crippen molar-refractivity contribution < 1.29 is 22.4 Å². The van der Waals surface area contributed by atoms with Gasteiger partial charge in [-0.3, -0.25) is 4.79 Å². The molecular formula is C15H15BrF4O. The normalized spacial score (nSPS) is 23.1. The van der Waals surface area contributed by atoms with Crippen LogP contribution in [0.25, 0.3) is 0 Å². The maximum Gasteiger partial charge on any atom is 0.391 e. The Morgan fingerprint density at radius 3 is 2.38 bits per heavy atom. The quantitative estimate of drug-likeness (QED) is 0.682. The molecule has 0 heterocycles. The minimum Gasteiger partial charge on any atom is -0.299 e. The predicted octanol–water partition coefficient (Wildman–Crippen LogP) is 5.07. The number of hydrogen-bond donors (Lipinski definition) is 0. The molecule has 0 saturated heterocycles. The summed E-state index contributed by atoms with van der Waals surface area (Å²) >= 11 is 3.21. The van der Waals surface area contributed by atoms with Crippen molar-refractivity contribution in [3.63, 3.8) is 0 Å². The third-order valence-electron chi connectivity index (χ3n) is 4.02. The van der Waals surface area contributed by atoms with Gasteiger partial charge in [0.05, 0.1) is 5.92 Å². The maximum atomic E-state index is 13.6.